The fourth-order valence-corrected chi connectivity index (χ4v) is 3.38. The minimum atomic E-state index is -0.383. The molecule has 1 unspecified atom stereocenters. The van der Waals surface area contributed by atoms with Crippen LogP contribution in [0.1, 0.15) is 42.2 Å². The van der Waals surface area contributed by atoms with Crippen LogP contribution in [0.3, 0.4) is 0 Å². The predicted octanol–water partition coefficient (Wildman–Crippen LogP) is 3.38. The van der Waals surface area contributed by atoms with E-state index in [-0.39, 0.29) is 17.6 Å². The minimum absolute atomic E-state index is 0.120. The Morgan fingerprint density at radius 3 is 3.00 bits per heavy atom. The summed E-state index contributed by atoms with van der Waals surface area (Å²) in [6, 6.07) is 9.20. The smallest absolute Gasteiger partial charge is 0.253 e. The molecule has 6 heteroatoms. The highest BCUT2D eigenvalue weighted by molar-refractivity contribution is 5.94. The zero-order valence-corrected chi connectivity index (χ0v) is 15.0. The largest absolute Gasteiger partial charge is 0.497 e. The maximum absolute atomic E-state index is 12.8. The van der Waals surface area contributed by atoms with Crippen LogP contribution in [0.25, 0.3) is 5.65 Å². The summed E-state index contributed by atoms with van der Waals surface area (Å²) in [5, 5.41) is 3.15. The van der Waals surface area contributed by atoms with E-state index in [0.717, 1.165) is 22.7 Å². The summed E-state index contributed by atoms with van der Waals surface area (Å²) in [6.07, 6.45) is 6.01. The standard InChI is InChI=1S/C20H21N3O3/c1-20(2)11-16(15-6-5-14(25-3)10-17(15)26-20)22-19(24)13-4-7-18-21-8-9-23(18)12-13/h4-10,12,16H,11H2,1-3H3,(H,22,24). The number of hydrogen-bond donors (Lipinski definition) is 1. The average molecular weight is 351 g/mol. The highest BCUT2D eigenvalue weighted by Gasteiger charge is 2.35. The number of carbonyl (C=O) groups excluding carboxylic acids is 1. The Morgan fingerprint density at radius 1 is 1.35 bits per heavy atom. The molecule has 1 N–H and O–H groups in total. The molecular formula is C20H21N3O3. The van der Waals surface area contributed by atoms with Crippen molar-refractivity contribution in [1.29, 1.82) is 0 Å². The van der Waals surface area contributed by atoms with Crippen LogP contribution in [0.2, 0.25) is 0 Å². The normalized spacial score (nSPS) is 18.0. The molecule has 2 aromatic heterocycles. The van der Waals surface area contributed by atoms with Crippen molar-refractivity contribution in [2.24, 2.45) is 0 Å². The molecular weight excluding hydrogens is 330 g/mol. The third-order valence-electron chi connectivity index (χ3n) is 4.63. The van der Waals surface area contributed by atoms with E-state index < -0.39 is 0 Å². The number of carbonyl (C=O) groups is 1. The zero-order chi connectivity index (χ0) is 18.3. The quantitative estimate of drug-likeness (QED) is 0.786. The number of rotatable bonds is 3. The number of benzene rings is 1. The predicted molar refractivity (Wildman–Crippen MR) is 97.7 cm³/mol. The molecule has 0 radical (unpaired) electrons. The summed E-state index contributed by atoms with van der Waals surface area (Å²) < 4.78 is 13.2. The molecule has 0 saturated carbocycles. The Bertz CT molecular complexity index is 977. The maximum Gasteiger partial charge on any atom is 0.253 e. The van der Waals surface area contributed by atoms with Crippen LogP contribution in [0, 0.1) is 0 Å². The molecule has 0 bridgehead atoms. The summed E-state index contributed by atoms with van der Waals surface area (Å²) in [7, 11) is 1.63. The van der Waals surface area contributed by atoms with Crippen LogP contribution >= 0.6 is 0 Å². The van der Waals surface area contributed by atoms with E-state index in [2.05, 4.69) is 10.3 Å². The summed E-state index contributed by atoms with van der Waals surface area (Å²) in [5.74, 6) is 1.36. The fourth-order valence-electron chi connectivity index (χ4n) is 3.38. The van der Waals surface area contributed by atoms with Gasteiger partial charge < -0.3 is 19.2 Å². The molecule has 1 aliphatic rings. The van der Waals surface area contributed by atoms with E-state index in [1.165, 1.54) is 0 Å². The molecule has 1 atom stereocenters. The van der Waals surface area contributed by atoms with Gasteiger partial charge in [-0.25, -0.2) is 4.98 Å². The van der Waals surface area contributed by atoms with Crippen molar-refractivity contribution in [2.45, 2.75) is 31.9 Å². The lowest BCUT2D eigenvalue weighted by Crippen LogP contribution is -2.41. The first-order chi connectivity index (χ1) is 12.4. The molecule has 1 aromatic carbocycles. The second-order valence-corrected chi connectivity index (χ2v) is 7.11. The van der Waals surface area contributed by atoms with Crippen LogP contribution in [0.15, 0.2) is 48.9 Å². The number of amides is 1. The highest BCUT2D eigenvalue weighted by atomic mass is 16.5. The number of pyridine rings is 1. The number of ether oxygens (including phenoxy) is 2. The number of imidazole rings is 1. The van der Waals surface area contributed by atoms with Crippen LogP contribution in [-0.4, -0.2) is 28.0 Å². The van der Waals surface area contributed by atoms with Gasteiger partial charge in [-0.3, -0.25) is 4.79 Å². The van der Waals surface area contributed by atoms with Crippen molar-refractivity contribution in [3.05, 3.63) is 60.0 Å². The Balaban J connectivity index is 1.63. The molecule has 134 valence electrons. The highest BCUT2D eigenvalue weighted by Crippen LogP contribution is 2.41. The number of methoxy groups -OCH3 is 1. The van der Waals surface area contributed by atoms with Crippen molar-refractivity contribution in [2.75, 3.05) is 7.11 Å². The molecule has 1 amide bonds. The number of nitrogens with one attached hydrogen (secondary N) is 1. The van der Waals surface area contributed by atoms with E-state index in [1.54, 1.807) is 25.6 Å². The monoisotopic (exact) mass is 351 g/mol. The van der Waals surface area contributed by atoms with E-state index in [9.17, 15) is 4.79 Å². The van der Waals surface area contributed by atoms with Gasteiger partial charge in [0.25, 0.3) is 5.91 Å². The van der Waals surface area contributed by atoms with Gasteiger partial charge in [-0.1, -0.05) is 0 Å². The number of nitrogens with zero attached hydrogens (tertiary/aromatic N) is 2. The fraction of sp³-hybridized carbons (Fsp3) is 0.300. The number of aromatic nitrogens is 2. The Hall–Kier alpha value is -3.02. The molecule has 0 saturated heterocycles. The lowest BCUT2D eigenvalue weighted by Gasteiger charge is -2.38. The van der Waals surface area contributed by atoms with Gasteiger partial charge in [0.1, 0.15) is 22.7 Å². The summed E-state index contributed by atoms with van der Waals surface area (Å²) in [6.45, 7) is 4.04. The Kier molecular flexibility index (Phi) is 3.83. The first-order valence-corrected chi connectivity index (χ1v) is 8.56. The second kappa shape index (κ2) is 6.05. The summed E-state index contributed by atoms with van der Waals surface area (Å²) >= 11 is 0. The van der Waals surface area contributed by atoms with Crippen LogP contribution in [-0.2, 0) is 0 Å². The van der Waals surface area contributed by atoms with Gasteiger partial charge in [-0.2, -0.15) is 0 Å². The SMILES string of the molecule is COc1ccc2c(c1)OC(C)(C)CC2NC(=O)c1ccc2nccn2c1. The van der Waals surface area contributed by atoms with Crippen LogP contribution in [0.4, 0.5) is 0 Å². The van der Waals surface area contributed by atoms with Gasteiger partial charge in [-0.15, -0.1) is 0 Å². The third kappa shape index (κ3) is 2.98. The summed E-state index contributed by atoms with van der Waals surface area (Å²) in [5.41, 5.74) is 1.98. The molecule has 6 nitrogen and oxygen atoms in total. The van der Waals surface area contributed by atoms with Gasteiger partial charge in [0.2, 0.25) is 0 Å². The molecule has 0 aliphatic carbocycles. The number of fused-ring (bicyclic) bond motifs is 2. The molecule has 0 spiro atoms. The number of hydrogen-bond acceptors (Lipinski definition) is 4. The van der Waals surface area contributed by atoms with Gasteiger partial charge in [0.05, 0.1) is 18.7 Å². The van der Waals surface area contributed by atoms with Crippen molar-refractivity contribution >= 4 is 11.6 Å². The second-order valence-electron chi connectivity index (χ2n) is 7.11. The van der Waals surface area contributed by atoms with E-state index >= 15 is 0 Å². The van der Waals surface area contributed by atoms with Gasteiger partial charge in [0, 0.05) is 36.6 Å². The van der Waals surface area contributed by atoms with E-state index in [4.69, 9.17) is 9.47 Å². The molecule has 3 aromatic rings. The molecule has 1 aliphatic heterocycles. The van der Waals surface area contributed by atoms with Crippen molar-refractivity contribution in [1.82, 2.24) is 14.7 Å². The Morgan fingerprint density at radius 2 is 2.19 bits per heavy atom. The van der Waals surface area contributed by atoms with Crippen LogP contribution < -0.4 is 14.8 Å². The topological polar surface area (TPSA) is 64.9 Å². The van der Waals surface area contributed by atoms with Crippen molar-refractivity contribution in [3.8, 4) is 11.5 Å². The molecule has 3 heterocycles. The van der Waals surface area contributed by atoms with Crippen molar-refractivity contribution < 1.29 is 14.3 Å². The third-order valence-corrected chi connectivity index (χ3v) is 4.63. The Labute approximate surface area is 151 Å². The van der Waals surface area contributed by atoms with Crippen molar-refractivity contribution in [3.63, 3.8) is 0 Å². The van der Waals surface area contributed by atoms with Gasteiger partial charge >= 0.3 is 0 Å². The average Bonchev–Trinajstić information content (AvgIpc) is 3.07. The molecule has 4 rings (SSSR count). The van der Waals surface area contributed by atoms with Gasteiger partial charge in [-0.05, 0) is 38.1 Å². The zero-order valence-electron chi connectivity index (χ0n) is 15.0. The van der Waals surface area contributed by atoms with Crippen LogP contribution in [0.5, 0.6) is 11.5 Å². The summed E-state index contributed by atoms with van der Waals surface area (Å²) in [4.78, 5) is 17.0. The minimum Gasteiger partial charge on any atom is -0.497 e. The van der Waals surface area contributed by atoms with E-state index in [0.29, 0.717) is 12.0 Å². The molecule has 26 heavy (non-hydrogen) atoms. The van der Waals surface area contributed by atoms with Gasteiger partial charge in [0.15, 0.2) is 0 Å². The first kappa shape index (κ1) is 16.4. The lowest BCUT2D eigenvalue weighted by atomic mass is 9.89. The van der Waals surface area contributed by atoms with E-state index in [1.807, 2.05) is 48.7 Å². The molecule has 0 fully saturated rings. The first-order valence-electron chi connectivity index (χ1n) is 8.56. The maximum atomic E-state index is 12.8. The lowest BCUT2D eigenvalue weighted by molar-refractivity contribution is 0.0617.